The molecule has 1 aliphatic heterocycles. The minimum atomic E-state index is -0.948. The average Bonchev–Trinajstić information content (AvgIpc) is 2.55. The van der Waals surface area contributed by atoms with Crippen molar-refractivity contribution in [2.75, 3.05) is 24.6 Å². The molecule has 2 atom stereocenters. The minimum absolute atomic E-state index is 0.174. The molecular formula is C9H17NO3S. The molecular weight excluding hydrogens is 202 g/mol. The number of aliphatic hydroxyl groups excluding tert-OH is 1. The molecule has 4 nitrogen and oxygen atoms in total. The number of aliphatic hydroxyl groups is 1. The fraction of sp³-hybridized carbons (Fsp3) is 0.889. The molecule has 3 N–H and O–H groups in total. The van der Waals surface area contributed by atoms with Crippen LogP contribution < -0.4 is 5.32 Å². The molecule has 0 bridgehead atoms. The third-order valence-electron chi connectivity index (χ3n) is 2.25. The van der Waals surface area contributed by atoms with Gasteiger partial charge in [0.15, 0.2) is 0 Å². The zero-order chi connectivity index (χ0) is 10.4. The number of nitrogens with one attached hydrogen (secondary N) is 1. The summed E-state index contributed by atoms with van der Waals surface area (Å²) in [5.41, 5.74) is 0. The maximum Gasteiger partial charge on any atom is 0.306 e. The van der Waals surface area contributed by atoms with E-state index in [0.717, 1.165) is 6.54 Å². The van der Waals surface area contributed by atoms with Gasteiger partial charge < -0.3 is 15.5 Å². The fourth-order valence-corrected chi connectivity index (χ4v) is 2.76. The summed E-state index contributed by atoms with van der Waals surface area (Å²) in [6, 6.07) is 0. The Morgan fingerprint density at radius 1 is 1.64 bits per heavy atom. The Bertz CT molecular complexity index is 183. The van der Waals surface area contributed by atoms with E-state index in [0.29, 0.717) is 12.5 Å². The lowest BCUT2D eigenvalue weighted by molar-refractivity contribution is -0.139. The van der Waals surface area contributed by atoms with Crippen molar-refractivity contribution in [3.05, 3.63) is 0 Å². The SMILES string of the molecule is O=C(O)CC(O)CNCC1CCSC1. The maximum atomic E-state index is 10.2. The standard InChI is InChI=1S/C9H17NO3S/c11-8(3-9(12)13)5-10-4-7-1-2-14-6-7/h7-8,10-11H,1-6H2,(H,12,13). The number of aliphatic carboxylic acids is 1. The van der Waals surface area contributed by atoms with Gasteiger partial charge in [-0.05, 0) is 30.4 Å². The Morgan fingerprint density at radius 2 is 2.43 bits per heavy atom. The van der Waals surface area contributed by atoms with E-state index in [9.17, 15) is 9.90 Å². The summed E-state index contributed by atoms with van der Waals surface area (Å²) in [7, 11) is 0. The van der Waals surface area contributed by atoms with Crippen LogP contribution in [0.25, 0.3) is 0 Å². The highest BCUT2D eigenvalue weighted by Gasteiger charge is 2.15. The molecule has 1 aliphatic rings. The topological polar surface area (TPSA) is 69.6 Å². The molecule has 0 aromatic rings. The van der Waals surface area contributed by atoms with Crippen LogP contribution in [0, 0.1) is 5.92 Å². The molecule has 0 amide bonds. The lowest BCUT2D eigenvalue weighted by Gasteiger charge is -2.12. The van der Waals surface area contributed by atoms with Crippen molar-refractivity contribution in [3.8, 4) is 0 Å². The summed E-state index contributed by atoms with van der Waals surface area (Å²) in [6.07, 6.45) is 0.292. The van der Waals surface area contributed by atoms with Crippen LogP contribution in [0.5, 0.6) is 0 Å². The first-order chi connectivity index (χ1) is 6.68. The van der Waals surface area contributed by atoms with Gasteiger partial charge in [0.1, 0.15) is 0 Å². The van der Waals surface area contributed by atoms with E-state index in [1.54, 1.807) is 0 Å². The van der Waals surface area contributed by atoms with Crippen LogP contribution in [-0.2, 0) is 4.79 Å². The van der Waals surface area contributed by atoms with Crippen molar-refractivity contribution in [2.24, 2.45) is 5.92 Å². The molecule has 0 spiro atoms. The smallest absolute Gasteiger partial charge is 0.306 e. The van der Waals surface area contributed by atoms with Crippen molar-refractivity contribution in [2.45, 2.75) is 18.9 Å². The third-order valence-corrected chi connectivity index (χ3v) is 3.48. The first-order valence-electron chi connectivity index (χ1n) is 4.87. The second-order valence-corrected chi connectivity index (χ2v) is 4.79. The summed E-state index contributed by atoms with van der Waals surface area (Å²) in [5, 5.41) is 20.8. The van der Waals surface area contributed by atoms with Crippen molar-refractivity contribution in [3.63, 3.8) is 0 Å². The number of carbonyl (C=O) groups is 1. The monoisotopic (exact) mass is 219 g/mol. The predicted octanol–water partition coefficient (Wildman–Crippen LogP) is 0.165. The summed E-state index contributed by atoms with van der Waals surface area (Å²) in [6.45, 7) is 1.27. The van der Waals surface area contributed by atoms with Crippen LogP contribution in [-0.4, -0.2) is 46.9 Å². The molecule has 5 heteroatoms. The van der Waals surface area contributed by atoms with Gasteiger partial charge in [0, 0.05) is 6.54 Å². The number of carboxylic acids is 1. The molecule has 2 unspecified atom stereocenters. The number of carboxylic acid groups (broad SMARTS) is 1. The molecule has 0 aliphatic carbocycles. The van der Waals surface area contributed by atoms with Crippen LogP contribution >= 0.6 is 11.8 Å². The van der Waals surface area contributed by atoms with Gasteiger partial charge in [0.2, 0.25) is 0 Å². The molecule has 0 radical (unpaired) electrons. The molecule has 0 saturated carbocycles. The quantitative estimate of drug-likeness (QED) is 0.594. The summed E-state index contributed by atoms with van der Waals surface area (Å²) < 4.78 is 0. The molecule has 14 heavy (non-hydrogen) atoms. The largest absolute Gasteiger partial charge is 0.481 e. The molecule has 1 saturated heterocycles. The van der Waals surface area contributed by atoms with E-state index in [-0.39, 0.29) is 6.42 Å². The molecule has 82 valence electrons. The van der Waals surface area contributed by atoms with Crippen molar-refractivity contribution in [1.82, 2.24) is 5.32 Å². The maximum absolute atomic E-state index is 10.2. The van der Waals surface area contributed by atoms with E-state index >= 15 is 0 Å². The van der Waals surface area contributed by atoms with Gasteiger partial charge in [-0.15, -0.1) is 0 Å². The summed E-state index contributed by atoms with van der Waals surface area (Å²) in [5.74, 6) is 2.15. The van der Waals surface area contributed by atoms with Gasteiger partial charge in [0.05, 0.1) is 12.5 Å². The van der Waals surface area contributed by atoms with Gasteiger partial charge in [0.25, 0.3) is 0 Å². The van der Waals surface area contributed by atoms with Crippen molar-refractivity contribution in [1.29, 1.82) is 0 Å². The van der Waals surface area contributed by atoms with E-state index < -0.39 is 12.1 Å². The van der Waals surface area contributed by atoms with Crippen molar-refractivity contribution >= 4 is 17.7 Å². The van der Waals surface area contributed by atoms with Gasteiger partial charge in [-0.2, -0.15) is 11.8 Å². The zero-order valence-electron chi connectivity index (χ0n) is 8.11. The molecule has 1 fully saturated rings. The Kier molecular flexibility index (Phi) is 5.29. The van der Waals surface area contributed by atoms with Gasteiger partial charge in [-0.3, -0.25) is 4.79 Å². The fourth-order valence-electron chi connectivity index (χ4n) is 1.47. The number of thioether (sulfide) groups is 1. The number of hydrogen-bond donors (Lipinski definition) is 3. The number of rotatable bonds is 6. The van der Waals surface area contributed by atoms with Crippen molar-refractivity contribution < 1.29 is 15.0 Å². The Morgan fingerprint density at radius 3 is 3.00 bits per heavy atom. The Hall–Kier alpha value is -0.260. The van der Waals surface area contributed by atoms with E-state index in [4.69, 9.17) is 5.11 Å². The predicted molar refractivity (Wildman–Crippen MR) is 56.6 cm³/mol. The molecule has 0 aromatic carbocycles. The first-order valence-corrected chi connectivity index (χ1v) is 6.02. The third kappa shape index (κ3) is 4.83. The lowest BCUT2D eigenvalue weighted by atomic mass is 10.1. The highest BCUT2D eigenvalue weighted by Crippen LogP contribution is 2.22. The highest BCUT2D eigenvalue weighted by atomic mass is 32.2. The van der Waals surface area contributed by atoms with E-state index in [1.165, 1.54) is 17.9 Å². The normalized spacial score (nSPS) is 23.6. The van der Waals surface area contributed by atoms with Crippen LogP contribution in [0.1, 0.15) is 12.8 Å². The second-order valence-electron chi connectivity index (χ2n) is 3.64. The van der Waals surface area contributed by atoms with Gasteiger partial charge in [-0.25, -0.2) is 0 Å². The molecule has 0 aromatic heterocycles. The first kappa shape index (κ1) is 11.8. The second kappa shape index (κ2) is 6.27. The minimum Gasteiger partial charge on any atom is -0.481 e. The summed E-state index contributed by atoms with van der Waals surface area (Å²) >= 11 is 1.96. The van der Waals surface area contributed by atoms with Gasteiger partial charge >= 0.3 is 5.97 Å². The van der Waals surface area contributed by atoms with E-state index in [1.807, 2.05) is 11.8 Å². The summed E-state index contributed by atoms with van der Waals surface area (Å²) in [4.78, 5) is 10.2. The van der Waals surface area contributed by atoms with Crippen LogP contribution in [0.2, 0.25) is 0 Å². The van der Waals surface area contributed by atoms with E-state index in [2.05, 4.69) is 5.32 Å². The average molecular weight is 219 g/mol. The Balaban J connectivity index is 1.99. The van der Waals surface area contributed by atoms with Crippen LogP contribution in [0.4, 0.5) is 0 Å². The van der Waals surface area contributed by atoms with Gasteiger partial charge in [-0.1, -0.05) is 0 Å². The van der Waals surface area contributed by atoms with Crippen LogP contribution in [0.15, 0.2) is 0 Å². The molecule has 1 heterocycles. The number of hydrogen-bond acceptors (Lipinski definition) is 4. The Labute approximate surface area is 88.1 Å². The zero-order valence-corrected chi connectivity index (χ0v) is 8.92. The molecule has 1 rings (SSSR count). The lowest BCUT2D eigenvalue weighted by Crippen LogP contribution is -2.32. The highest BCUT2D eigenvalue weighted by molar-refractivity contribution is 7.99. The van der Waals surface area contributed by atoms with Crippen LogP contribution in [0.3, 0.4) is 0 Å².